The average molecular weight is 337 g/mol. The fourth-order valence-electron chi connectivity index (χ4n) is 2.99. The molecule has 134 valence electrons. The molecule has 24 heavy (non-hydrogen) atoms. The predicted molar refractivity (Wildman–Crippen MR) is 93.2 cm³/mol. The second-order valence-corrected chi connectivity index (χ2v) is 5.83. The van der Waals surface area contributed by atoms with Crippen LogP contribution in [0.3, 0.4) is 0 Å². The maximum atomic E-state index is 12.3. The average Bonchev–Trinajstić information content (AvgIpc) is 2.60. The Bertz CT molecular complexity index is 540. The van der Waals surface area contributed by atoms with Crippen molar-refractivity contribution >= 4 is 11.6 Å². The monoisotopic (exact) mass is 337 g/mol. The predicted octanol–water partition coefficient (Wildman–Crippen LogP) is 1.33. The number of carbonyl (C=O) groups excluding carboxylic acids is 1. The zero-order chi connectivity index (χ0) is 17.5. The lowest BCUT2D eigenvalue weighted by molar-refractivity contribution is -0.117. The Hall–Kier alpha value is -1.99. The molecule has 1 fully saturated rings. The molecule has 7 nitrogen and oxygen atoms in total. The molecule has 0 aromatic heterocycles. The number of likely N-dealkylation sites (tertiary alicyclic amines) is 1. The summed E-state index contributed by atoms with van der Waals surface area (Å²) >= 11 is 0. The Kier molecular flexibility index (Phi) is 6.69. The van der Waals surface area contributed by atoms with E-state index in [1.54, 1.807) is 33.5 Å². The Labute approximate surface area is 143 Å². The van der Waals surface area contributed by atoms with Crippen LogP contribution in [-0.2, 0) is 4.79 Å². The second kappa shape index (κ2) is 8.75. The van der Waals surface area contributed by atoms with E-state index in [2.05, 4.69) is 15.5 Å². The first-order chi connectivity index (χ1) is 11.6. The molecule has 0 spiro atoms. The number of methoxy groups -OCH3 is 3. The van der Waals surface area contributed by atoms with Crippen LogP contribution in [0.25, 0.3) is 0 Å². The van der Waals surface area contributed by atoms with Crippen LogP contribution in [0.4, 0.5) is 5.69 Å². The van der Waals surface area contributed by atoms with Crippen molar-refractivity contribution in [3.05, 3.63) is 12.1 Å². The number of rotatable bonds is 7. The van der Waals surface area contributed by atoms with Gasteiger partial charge in [-0.1, -0.05) is 0 Å². The van der Waals surface area contributed by atoms with E-state index < -0.39 is 0 Å². The quantitative estimate of drug-likeness (QED) is 0.782. The van der Waals surface area contributed by atoms with Crippen LogP contribution in [0.2, 0.25) is 0 Å². The van der Waals surface area contributed by atoms with Gasteiger partial charge in [-0.05, 0) is 26.4 Å². The maximum Gasteiger partial charge on any atom is 0.238 e. The number of ether oxygens (including phenoxy) is 3. The van der Waals surface area contributed by atoms with E-state index >= 15 is 0 Å². The Morgan fingerprint density at radius 3 is 2.42 bits per heavy atom. The summed E-state index contributed by atoms with van der Waals surface area (Å²) in [6, 6.07) is 3.91. The van der Waals surface area contributed by atoms with Gasteiger partial charge in [0.1, 0.15) is 0 Å². The van der Waals surface area contributed by atoms with E-state index in [0.717, 1.165) is 25.9 Å². The van der Waals surface area contributed by atoms with Crippen LogP contribution in [0.1, 0.15) is 12.8 Å². The second-order valence-electron chi connectivity index (χ2n) is 5.83. The minimum atomic E-state index is -0.0546. The molecule has 1 aliphatic rings. The van der Waals surface area contributed by atoms with Gasteiger partial charge in [0, 0.05) is 30.4 Å². The maximum absolute atomic E-state index is 12.3. The molecule has 1 aromatic carbocycles. The molecule has 1 aromatic rings. The summed E-state index contributed by atoms with van der Waals surface area (Å²) in [4.78, 5) is 14.5. The molecule has 1 atom stereocenters. The molecule has 0 saturated carbocycles. The highest BCUT2D eigenvalue weighted by atomic mass is 16.5. The zero-order valence-electron chi connectivity index (χ0n) is 14.8. The Balaban J connectivity index is 2.03. The number of nitrogens with one attached hydrogen (secondary N) is 2. The van der Waals surface area contributed by atoms with Crippen molar-refractivity contribution in [1.29, 1.82) is 0 Å². The van der Waals surface area contributed by atoms with Gasteiger partial charge in [0.2, 0.25) is 11.7 Å². The molecule has 0 radical (unpaired) electrons. The number of anilines is 1. The minimum absolute atomic E-state index is 0.0546. The summed E-state index contributed by atoms with van der Waals surface area (Å²) in [5.74, 6) is 1.48. The van der Waals surface area contributed by atoms with E-state index in [4.69, 9.17) is 14.2 Å². The lowest BCUT2D eigenvalue weighted by Gasteiger charge is -2.31. The fraction of sp³-hybridized carbons (Fsp3) is 0.588. The summed E-state index contributed by atoms with van der Waals surface area (Å²) in [5, 5.41) is 6.19. The number of hydrogen-bond acceptors (Lipinski definition) is 6. The van der Waals surface area contributed by atoms with E-state index in [1.807, 2.05) is 7.05 Å². The van der Waals surface area contributed by atoms with Gasteiger partial charge < -0.3 is 24.8 Å². The highest BCUT2D eigenvalue weighted by molar-refractivity contribution is 5.93. The molecule has 2 rings (SSSR count). The molecule has 1 amide bonds. The van der Waals surface area contributed by atoms with Crippen LogP contribution < -0.4 is 24.8 Å². The standard InChI is InChI=1S/C17H27N3O4/c1-18-12-6-5-7-20(10-12)11-16(21)19-13-8-14(22-2)17(24-4)15(9-13)23-3/h8-9,12,18H,5-7,10-11H2,1-4H3,(H,19,21). The van der Waals surface area contributed by atoms with Crippen molar-refractivity contribution in [3.63, 3.8) is 0 Å². The van der Waals surface area contributed by atoms with E-state index in [-0.39, 0.29) is 5.91 Å². The van der Waals surface area contributed by atoms with Crippen molar-refractivity contribution in [2.75, 3.05) is 53.3 Å². The van der Waals surface area contributed by atoms with E-state index in [1.165, 1.54) is 0 Å². The first kappa shape index (κ1) is 18.4. The fourth-order valence-corrected chi connectivity index (χ4v) is 2.99. The minimum Gasteiger partial charge on any atom is -0.493 e. The van der Waals surface area contributed by atoms with E-state index in [9.17, 15) is 4.79 Å². The summed E-state index contributed by atoms with van der Waals surface area (Å²) in [6.07, 6.45) is 2.25. The van der Waals surface area contributed by atoms with Gasteiger partial charge in [0.05, 0.1) is 27.9 Å². The van der Waals surface area contributed by atoms with Gasteiger partial charge in [-0.3, -0.25) is 9.69 Å². The molecule has 7 heteroatoms. The number of amides is 1. The smallest absolute Gasteiger partial charge is 0.238 e. The third kappa shape index (κ3) is 4.52. The highest BCUT2D eigenvalue weighted by Crippen LogP contribution is 2.39. The number of likely N-dealkylation sites (N-methyl/N-ethyl adjacent to an activating group) is 1. The van der Waals surface area contributed by atoms with Gasteiger partial charge in [0.15, 0.2) is 11.5 Å². The number of nitrogens with zero attached hydrogens (tertiary/aromatic N) is 1. The highest BCUT2D eigenvalue weighted by Gasteiger charge is 2.21. The van der Waals surface area contributed by atoms with Gasteiger partial charge in [0.25, 0.3) is 0 Å². The molecular formula is C17H27N3O4. The summed E-state index contributed by atoms with van der Waals surface area (Å²) < 4.78 is 15.9. The van der Waals surface area contributed by atoms with Crippen LogP contribution in [0, 0.1) is 0 Å². The molecule has 1 unspecified atom stereocenters. The topological polar surface area (TPSA) is 72.1 Å². The third-order valence-corrected chi connectivity index (χ3v) is 4.23. The zero-order valence-corrected chi connectivity index (χ0v) is 14.8. The lowest BCUT2D eigenvalue weighted by atomic mass is 10.1. The van der Waals surface area contributed by atoms with Crippen molar-refractivity contribution in [2.24, 2.45) is 0 Å². The Morgan fingerprint density at radius 1 is 1.21 bits per heavy atom. The molecule has 0 bridgehead atoms. The molecule has 0 aliphatic carbocycles. The van der Waals surface area contributed by atoms with E-state index in [0.29, 0.717) is 35.5 Å². The third-order valence-electron chi connectivity index (χ3n) is 4.23. The molecular weight excluding hydrogens is 310 g/mol. The molecule has 1 saturated heterocycles. The van der Waals surface area contributed by atoms with Crippen LogP contribution >= 0.6 is 0 Å². The SMILES string of the molecule is CNC1CCCN(CC(=O)Nc2cc(OC)c(OC)c(OC)c2)C1. The first-order valence-corrected chi connectivity index (χ1v) is 8.10. The normalized spacial score (nSPS) is 18.1. The summed E-state index contributed by atoms with van der Waals surface area (Å²) in [6.45, 7) is 2.20. The number of hydrogen-bond donors (Lipinski definition) is 2. The van der Waals surface area contributed by atoms with Gasteiger partial charge in [-0.2, -0.15) is 0 Å². The van der Waals surface area contributed by atoms with Crippen LogP contribution in [0.15, 0.2) is 12.1 Å². The molecule has 1 heterocycles. The van der Waals surface area contributed by atoms with Crippen molar-refractivity contribution in [2.45, 2.75) is 18.9 Å². The van der Waals surface area contributed by atoms with Gasteiger partial charge >= 0.3 is 0 Å². The van der Waals surface area contributed by atoms with Crippen molar-refractivity contribution in [1.82, 2.24) is 10.2 Å². The van der Waals surface area contributed by atoms with Crippen LogP contribution in [0.5, 0.6) is 17.2 Å². The van der Waals surface area contributed by atoms with Crippen molar-refractivity contribution in [3.8, 4) is 17.2 Å². The van der Waals surface area contributed by atoms with Crippen LogP contribution in [-0.4, -0.2) is 64.9 Å². The van der Waals surface area contributed by atoms with Crippen molar-refractivity contribution < 1.29 is 19.0 Å². The first-order valence-electron chi connectivity index (χ1n) is 8.10. The Morgan fingerprint density at radius 2 is 1.88 bits per heavy atom. The summed E-state index contributed by atoms with van der Waals surface area (Å²) in [5.41, 5.74) is 0.622. The number of piperidine rings is 1. The molecule has 1 aliphatic heterocycles. The van der Waals surface area contributed by atoms with Gasteiger partial charge in [-0.15, -0.1) is 0 Å². The number of carbonyl (C=O) groups is 1. The summed E-state index contributed by atoms with van der Waals surface area (Å²) in [7, 11) is 6.61. The lowest BCUT2D eigenvalue weighted by Crippen LogP contribution is -2.46. The van der Waals surface area contributed by atoms with Gasteiger partial charge in [-0.25, -0.2) is 0 Å². The molecule has 2 N–H and O–H groups in total. The largest absolute Gasteiger partial charge is 0.493 e. The number of benzene rings is 1.